The lowest BCUT2D eigenvalue weighted by Gasteiger charge is -2.39. The van der Waals surface area contributed by atoms with Crippen molar-refractivity contribution in [1.82, 2.24) is 10.2 Å². The van der Waals surface area contributed by atoms with E-state index < -0.39 is 29.9 Å². The van der Waals surface area contributed by atoms with Gasteiger partial charge >= 0.3 is 5.97 Å². The first-order valence-corrected chi connectivity index (χ1v) is 23.9. The minimum atomic E-state index is -0.844. The van der Waals surface area contributed by atoms with Gasteiger partial charge in [-0.15, -0.1) is 0 Å². The number of rotatable bonds is 19. The fourth-order valence-corrected chi connectivity index (χ4v) is 9.71. The van der Waals surface area contributed by atoms with Gasteiger partial charge in [0.25, 0.3) is 5.91 Å². The van der Waals surface area contributed by atoms with Gasteiger partial charge < -0.3 is 52.9 Å². The van der Waals surface area contributed by atoms with Crippen molar-refractivity contribution in [3.63, 3.8) is 0 Å². The lowest BCUT2D eigenvalue weighted by Crippen LogP contribution is -2.51. The first kappa shape index (κ1) is 49.7. The molecule has 0 saturated carbocycles. The van der Waals surface area contributed by atoms with Crippen LogP contribution in [0.5, 0.6) is 40.2 Å². The summed E-state index contributed by atoms with van der Waals surface area (Å²) in [4.78, 5) is 56.9. The molecule has 0 aromatic heterocycles. The number of ether oxygens (including phenoxy) is 7. The van der Waals surface area contributed by atoms with Gasteiger partial charge in [-0.1, -0.05) is 30.4 Å². The fourth-order valence-electron chi connectivity index (χ4n) is 9.71. The molecule has 8 rings (SSSR count). The van der Waals surface area contributed by atoms with Crippen molar-refractivity contribution in [2.45, 2.75) is 76.0 Å². The smallest absolute Gasteiger partial charge is 0.329 e. The summed E-state index contributed by atoms with van der Waals surface area (Å²) < 4.78 is 46.7. The molecule has 372 valence electrons. The molecule has 15 heteroatoms. The van der Waals surface area contributed by atoms with Crippen LogP contribution in [0.1, 0.15) is 79.2 Å². The number of amides is 2. The molecule has 4 aromatic rings. The summed E-state index contributed by atoms with van der Waals surface area (Å²) in [5.41, 5.74) is 3.46. The Kier molecular flexibility index (Phi) is 16.0. The van der Waals surface area contributed by atoms with E-state index in [4.69, 9.17) is 37.6 Å². The van der Waals surface area contributed by atoms with Gasteiger partial charge in [-0.3, -0.25) is 14.4 Å². The van der Waals surface area contributed by atoms with Crippen LogP contribution in [0.2, 0.25) is 0 Å². The third-order valence-electron chi connectivity index (χ3n) is 13.4. The summed E-state index contributed by atoms with van der Waals surface area (Å²) in [6, 6.07) is 25.1. The zero-order valence-electron chi connectivity index (χ0n) is 40.7. The molecule has 2 aliphatic heterocycles. The average Bonchev–Trinajstić information content (AvgIpc) is 3.40. The zero-order chi connectivity index (χ0) is 50.0. The average molecular weight is 969 g/mol. The topological polar surface area (TPSA) is 182 Å². The number of aromatic hydroxyl groups is 1. The van der Waals surface area contributed by atoms with E-state index in [1.165, 1.54) is 25.3 Å². The summed E-state index contributed by atoms with van der Waals surface area (Å²) in [6.45, 7) is -0.0567. The van der Waals surface area contributed by atoms with E-state index in [9.17, 15) is 19.5 Å². The van der Waals surface area contributed by atoms with Gasteiger partial charge in [0, 0.05) is 23.6 Å². The van der Waals surface area contributed by atoms with E-state index >= 15 is 4.79 Å². The Labute approximate surface area is 412 Å². The minimum Gasteiger partial charge on any atom is -0.507 e. The number of nitrogens with one attached hydrogen (secondary N) is 1. The van der Waals surface area contributed by atoms with Crippen molar-refractivity contribution in [2.24, 2.45) is 5.92 Å². The molecule has 2 N–H and O–H groups in total. The van der Waals surface area contributed by atoms with Crippen molar-refractivity contribution < 1.29 is 57.1 Å². The van der Waals surface area contributed by atoms with Gasteiger partial charge in [0.05, 0.1) is 53.6 Å². The Morgan fingerprint density at radius 3 is 2.31 bits per heavy atom. The number of hydrogen-bond acceptors (Lipinski definition) is 13. The second-order valence-electron chi connectivity index (χ2n) is 17.7. The predicted molar refractivity (Wildman–Crippen MR) is 266 cm³/mol. The number of carbonyl (C=O) groups is 3. The van der Waals surface area contributed by atoms with Crippen molar-refractivity contribution in [2.75, 3.05) is 48.7 Å². The quantitative estimate of drug-likeness (QED) is 0.0446. The number of likely N-dealkylation sites (tertiary alicyclic amines) is 1. The highest BCUT2D eigenvalue weighted by atomic mass is 16.5. The summed E-state index contributed by atoms with van der Waals surface area (Å²) in [7, 11) is 7.78. The molecule has 4 aromatic carbocycles. The Balaban J connectivity index is 1.02. The van der Waals surface area contributed by atoms with E-state index in [0.717, 1.165) is 42.4 Å². The third-order valence-corrected chi connectivity index (χ3v) is 13.4. The molecule has 2 aliphatic carbocycles. The molecule has 1 fully saturated rings. The van der Waals surface area contributed by atoms with E-state index in [1.807, 2.05) is 42.5 Å². The van der Waals surface area contributed by atoms with Gasteiger partial charge in [-0.25, -0.2) is 4.79 Å². The zero-order valence-corrected chi connectivity index (χ0v) is 40.7. The Morgan fingerprint density at radius 1 is 0.789 bits per heavy atom. The first-order valence-electron chi connectivity index (χ1n) is 23.9. The second kappa shape index (κ2) is 22.8. The molecule has 0 spiro atoms. The van der Waals surface area contributed by atoms with Gasteiger partial charge in [0.2, 0.25) is 11.7 Å². The molecule has 2 amide bonds. The maximum atomic E-state index is 15.2. The highest BCUT2D eigenvalue weighted by Crippen LogP contribution is 2.45. The van der Waals surface area contributed by atoms with Crippen LogP contribution in [-0.2, 0) is 32.1 Å². The number of piperidine rings is 1. The normalized spacial score (nSPS) is 16.4. The number of esters is 1. The SMILES string of the molecule is COc1ccc(CC[C@@H](OC(=O)[C@@H]2CCCCN2C(=O)[C@H](c2cc(OC)c(OC)c(OC)c2)[C@@H]2CC=CCC2)c2cccc(OCC(=O)NCc3c(O)ccc4cc5ccc(=O)cc-5oc34)c2)cc1OC. The Bertz CT molecular complexity index is 2900. The van der Waals surface area contributed by atoms with Crippen molar-refractivity contribution >= 4 is 28.8 Å². The molecule has 0 radical (unpaired) electrons. The Morgan fingerprint density at radius 2 is 1.58 bits per heavy atom. The van der Waals surface area contributed by atoms with Gasteiger partial charge in [0.1, 0.15) is 35.0 Å². The second-order valence-corrected chi connectivity index (χ2v) is 17.7. The number of nitrogens with zero attached hydrogens (tertiary/aromatic N) is 1. The first-order chi connectivity index (χ1) is 34.5. The number of aryl methyl sites for hydroxylation is 1. The predicted octanol–water partition coefficient (Wildman–Crippen LogP) is 9.08. The number of phenols is 1. The largest absolute Gasteiger partial charge is 0.507 e. The van der Waals surface area contributed by atoms with E-state index in [1.54, 1.807) is 63.7 Å². The lowest BCUT2D eigenvalue weighted by atomic mass is 9.77. The van der Waals surface area contributed by atoms with Gasteiger partial charge in [-0.05, 0) is 141 Å². The molecular weight excluding hydrogens is 909 g/mol. The maximum Gasteiger partial charge on any atom is 0.329 e. The molecule has 1 saturated heterocycles. The van der Waals surface area contributed by atoms with E-state index in [0.29, 0.717) is 94.6 Å². The van der Waals surface area contributed by atoms with Crippen LogP contribution in [0.25, 0.3) is 22.3 Å². The van der Waals surface area contributed by atoms with Crippen LogP contribution in [0.4, 0.5) is 0 Å². The highest BCUT2D eigenvalue weighted by molar-refractivity contribution is 5.90. The number of methoxy groups -OCH3 is 5. The number of hydrogen-bond donors (Lipinski definition) is 2. The molecule has 15 nitrogen and oxygen atoms in total. The fraction of sp³-hybridized carbons (Fsp3) is 0.357. The van der Waals surface area contributed by atoms with Crippen LogP contribution < -0.4 is 39.2 Å². The number of phenolic OH excluding ortho intramolecular Hbond substituents is 1. The molecule has 4 aliphatic rings. The van der Waals surface area contributed by atoms with E-state index in [-0.39, 0.29) is 36.2 Å². The summed E-state index contributed by atoms with van der Waals surface area (Å²) in [6.07, 6.45) is 8.52. The summed E-state index contributed by atoms with van der Waals surface area (Å²) >= 11 is 0. The van der Waals surface area contributed by atoms with Crippen LogP contribution in [0.15, 0.2) is 112 Å². The Hall–Kier alpha value is -7.68. The van der Waals surface area contributed by atoms with Crippen molar-refractivity contribution in [3.8, 4) is 51.6 Å². The standard InChI is InChI=1S/C56H60N2O13/c1-64-46-24-18-34(26-48(46)65-2)17-23-45(36-14-11-15-41(28-36)69-33-51(61)57-32-42-44(60)22-20-38-27-37-19-21-40(59)31-47(37)70-53(38)42)71-56(63)43-16-9-10-25-58(43)55(62)52(35-12-7-6-8-13-35)39-29-49(66-3)54(68-5)50(30-39)67-4/h6-7,11,14-15,18-22,24,26-31,35,43,45,52,60H,8-10,12-13,16-17,23,25,32-33H2,1-5H3,(H,57,61)/t35-,43+,45-,52+/m1/s1. The molecule has 71 heavy (non-hydrogen) atoms. The third kappa shape index (κ3) is 11.4. The number of benzene rings is 5. The van der Waals surface area contributed by atoms with Crippen LogP contribution in [0.3, 0.4) is 0 Å². The molecule has 2 heterocycles. The molecular formula is C56H60N2O13. The molecule has 0 bridgehead atoms. The number of carbonyl (C=O) groups excluding carboxylic acids is 3. The van der Waals surface area contributed by atoms with Crippen LogP contribution in [-0.4, -0.2) is 82.5 Å². The maximum absolute atomic E-state index is 15.2. The van der Waals surface area contributed by atoms with Gasteiger partial charge in [0.15, 0.2) is 35.0 Å². The summed E-state index contributed by atoms with van der Waals surface area (Å²) in [5.74, 6) is 1.31. The van der Waals surface area contributed by atoms with Gasteiger partial charge in [-0.2, -0.15) is 0 Å². The van der Waals surface area contributed by atoms with Crippen LogP contribution >= 0.6 is 0 Å². The minimum absolute atomic E-state index is 0.0382. The highest BCUT2D eigenvalue weighted by Gasteiger charge is 2.41. The van der Waals surface area contributed by atoms with Crippen molar-refractivity contribution in [3.05, 3.63) is 136 Å². The monoisotopic (exact) mass is 968 g/mol. The van der Waals surface area contributed by atoms with E-state index in [2.05, 4.69) is 17.5 Å². The number of fused-ring (bicyclic) bond motifs is 2. The summed E-state index contributed by atoms with van der Waals surface area (Å²) in [5, 5.41) is 14.3. The molecule has 4 atom stereocenters. The molecule has 0 unspecified atom stereocenters. The number of allylic oxidation sites excluding steroid dienone is 2. The van der Waals surface area contributed by atoms with Crippen molar-refractivity contribution in [1.29, 1.82) is 0 Å². The van der Waals surface area contributed by atoms with Crippen LogP contribution in [0, 0.1) is 5.92 Å². The lowest BCUT2D eigenvalue weighted by molar-refractivity contribution is -0.163.